The van der Waals surface area contributed by atoms with Crippen molar-refractivity contribution in [1.82, 2.24) is 4.90 Å². The van der Waals surface area contributed by atoms with E-state index in [9.17, 15) is 23.8 Å². The number of amides is 1. The first kappa shape index (κ1) is 23.9. The molecule has 1 saturated heterocycles. The Bertz CT molecular complexity index is 1140. The summed E-state index contributed by atoms with van der Waals surface area (Å²) < 4.78 is 33.3. The van der Waals surface area contributed by atoms with Crippen LogP contribution in [0.1, 0.15) is 36.9 Å². The molecule has 1 heterocycles. The summed E-state index contributed by atoms with van der Waals surface area (Å²) in [6.45, 7) is 1.85. The Balaban J connectivity index is 1.53. The van der Waals surface area contributed by atoms with Crippen molar-refractivity contribution in [2.75, 3.05) is 13.2 Å². The molecule has 3 aromatic rings. The first-order valence-corrected chi connectivity index (χ1v) is 11.2. The lowest BCUT2D eigenvalue weighted by molar-refractivity contribution is -0.0892. The van der Waals surface area contributed by atoms with Crippen LogP contribution in [-0.4, -0.2) is 40.5 Å². The number of hydrogen-bond acceptors (Lipinski definition) is 4. The highest BCUT2D eigenvalue weighted by molar-refractivity contribution is 5.70. The fourth-order valence-corrected chi connectivity index (χ4v) is 4.52. The summed E-state index contributed by atoms with van der Waals surface area (Å²) in [7, 11) is 0. The molecular weight excluding hydrogens is 440 g/mol. The van der Waals surface area contributed by atoms with E-state index in [1.807, 2.05) is 49.4 Å². The zero-order valence-electron chi connectivity index (χ0n) is 18.8. The molecule has 1 fully saturated rings. The number of carbonyl (C=O) groups is 1. The number of ether oxygens (including phenoxy) is 1. The quantitative estimate of drug-likeness (QED) is 0.503. The molecule has 1 amide bonds. The SMILES string of the molecule is C[C@@H](c1ccc(-c2ccc(F)cc2F)cc1)N1CC[C@](C[C@@H](O)CO)(c2ccccc2)OC1=O. The molecule has 7 heteroatoms. The summed E-state index contributed by atoms with van der Waals surface area (Å²) in [5.74, 6) is -1.27. The van der Waals surface area contributed by atoms with Gasteiger partial charge in [0, 0.05) is 31.0 Å². The lowest BCUT2D eigenvalue weighted by Crippen LogP contribution is -2.50. The van der Waals surface area contributed by atoms with Crippen LogP contribution in [0.25, 0.3) is 11.1 Å². The van der Waals surface area contributed by atoms with Crippen molar-refractivity contribution in [3.63, 3.8) is 0 Å². The van der Waals surface area contributed by atoms with Crippen LogP contribution in [0, 0.1) is 11.6 Å². The predicted molar refractivity (Wildman–Crippen MR) is 124 cm³/mol. The van der Waals surface area contributed by atoms with Gasteiger partial charge in [0.25, 0.3) is 0 Å². The van der Waals surface area contributed by atoms with E-state index in [4.69, 9.17) is 4.74 Å². The molecule has 4 rings (SSSR count). The Morgan fingerprint density at radius 2 is 1.76 bits per heavy atom. The van der Waals surface area contributed by atoms with Gasteiger partial charge in [-0.2, -0.15) is 0 Å². The molecule has 0 unspecified atom stereocenters. The molecule has 3 aromatic carbocycles. The van der Waals surface area contributed by atoms with Gasteiger partial charge in [0.1, 0.15) is 17.2 Å². The van der Waals surface area contributed by atoms with Crippen molar-refractivity contribution in [2.24, 2.45) is 0 Å². The number of cyclic esters (lactones) is 1. The Hall–Kier alpha value is -3.29. The van der Waals surface area contributed by atoms with Gasteiger partial charge in [-0.1, -0.05) is 54.6 Å². The van der Waals surface area contributed by atoms with Gasteiger partial charge in [-0.3, -0.25) is 0 Å². The van der Waals surface area contributed by atoms with Crippen molar-refractivity contribution >= 4 is 6.09 Å². The van der Waals surface area contributed by atoms with Crippen LogP contribution in [0.15, 0.2) is 72.8 Å². The largest absolute Gasteiger partial charge is 0.438 e. The molecule has 5 nitrogen and oxygen atoms in total. The van der Waals surface area contributed by atoms with E-state index in [1.54, 1.807) is 17.0 Å². The summed E-state index contributed by atoms with van der Waals surface area (Å²) in [5, 5.41) is 19.5. The molecule has 0 aromatic heterocycles. The molecule has 178 valence electrons. The molecule has 0 spiro atoms. The molecule has 3 atom stereocenters. The van der Waals surface area contributed by atoms with Crippen molar-refractivity contribution in [2.45, 2.75) is 37.5 Å². The van der Waals surface area contributed by atoms with Gasteiger partial charge in [0.15, 0.2) is 0 Å². The minimum atomic E-state index is -1.03. The second-order valence-corrected chi connectivity index (χ2v) is 8.63. The van der Waals surface area contributed by atoms with Crippen molar-refractivity contribution in [1.29, 1.82) is 0 Å². The first-order valence-electron chi connectivity index (χ1n) is 11.2. The van der Waals surface area contributed by atoms with Crippen LogP contribution < -0.4 is 0 Å². The summed E-state index contributed by atoms with van der Waals surface area (Å²) in [6.07, 6.45) is -0.986. The summed E-state index contributed by atoms with van der Waals surface area (Å²) in [6, 6.07) is 19.5. The summed E-state index contributed by atoms with van der Waals surface area (Å²) in [4.78, 5) is 14.7. The van der Waals surface area contributed by atoms with Gasteiger partial charge in [0.05, 0.1) is 18.8 Å². The van der Waals surface area contributed by atoms with Crippen LogP contribution >= 0.6 is 0 Å². The lowest BCUT2D eigenvalue weighted by Gasteiger charge is -2.44. The number of halogens is 2. The van der Waals surface area contributed by atoms with Crippen molar-refractivity contribution < 1.29 is 28.5 Å². The molecule has 0 aliphatic carbocycles. The van der Waals surface area contributed by atoms with Gasteiger partial charge in [0.2, 0.25) is 0 Å². The van der Waals surface area contributed by atoms with Crippen molar-refractivity contribution in [3.05, 3.63) is 95.6 Å². The number of hydrogen-bond donors (Lipinski definition) is 2. The Morgan fingerprint density at radius 3 is 2.38 bits per heavy atom. The average molecular weight is 468 g/mol. The second-order valence-electron chi connectivity index (χ2n) is 8.63. The molecule has 34 heavy (non-hydrogen) atoms. The van der Waals surface area contributed by atoms with Crippen LogP contribution in [0.5, 0.6) is 0 Å². The number of nitrogens with zero attached hydrogens (tertiary/aromatic N) is 1. The molecule has 2 N–H and O–H groups in total. The third kappa shape index (κ3) is 4.81. The number of aliphatic hydroxyl groups excluding tert-OH is 2. The maximum atomic E-state index is 14.1. The molecular formula is C27H27F2NO4. The van der Waals surface area contributed by atoms with E-state index in [1.165, 1.54) is 12.1 Å². The minimum Gasteiger partial charge on any atom is -0.438 e. The highest BCUT2D eigenvalue weighted by Gasteiger charge is 2.44. The highest BCUT2D eigenvalue weighted by Crippen LogP contribution is 2.40. The zero-order chi connectivity index (χ0) is 24.3. The van der Waals surface area contributed by atoms with Gasteiger partial charge in [-0.15, -0.1) is 0 Å². The zero-order valence-corrected chi connectivity index (χ0v) is 18.8. The van der Waals surface area contributed by atoms with E-state index in [0.29, 0.717) is 24.1 Å². The molecule has 1 aliphatic rings. The van der Waals surface area contributed by atoms with E-state index in [0.717, 1.165) is 17.2 Å². The Kier molecular flexibility index (Phi) is 6.95. The fraction of sp³-hybridized carbons (Fsp3) is 0.296. The molecule has 0 saturated carbocycles. The van der Waals surface area contributed by atoms with Crippen LogP contribution in [0.4, 0.5) is 13.6 Å². The average Bonchev–Trinajstić information content (AvgIpc) is 2.84. The smallest absolute Gasteiger partial charge is 0.411 e. The van der Waals surface area contributed by atoms with Crippen LogP contribution in [0.2, 0.25) is 0 Å². The van der Waals surface area contributed by atoms with Gasteiger partial charge in [-0.25, -0.2) is 13.6 Å². The Morgan fingerprint density at radius 1 is 1.06 bits per heavy atom. The third-order valence-electron chi connectivity index (χ3n) is 6.45. The number of carbonyl (C=O) groups excluding carboxylic acids is 1. The van der Waals surface area contributed by atoms with Crippen LogP contribution in [-0.2, 0) is 10.3 Å². The maximum absolute atomic E-state index is 14.1. The number of rotatable bonds is 7. The van der Waals surface area contributed by atoms with Gasteiger partial charge < -0.3 is 19.8 Å². The summed E-state index contributed by atoms with van der Waals surface area (Å²) in [5.41, 5.74) is 1.49. The monoisotopic (exact) mass is 467 g/mol. The maximum Gasteiger partial charge on any atom is 0.411 e. The van der Waals surface area contributed by atoms with Gasteiger partial charge >= 0.3 is 6.09 Å². The molecule has 0 radical (unpaired) electrons. The van der Waals surface area contributed by atoms with E-state index < -0.39 is 36.0 Å². The summed E-state index contributed by atoms with van der Waals surface area (Å²) >= 11 is 0. The molecule has 0 bridgehead atoms. The van der Waals surface area contributed by atoms with E-state index in [2.05, 4.69) is 0 Å². The standard InChI is InChI=1S/C27H27F2NO4/c1-18(19-7-9-20(10-8-19)24-12-11-22(28)15-25(24)29)30-14-13-27(34-26(30)33,16-23(32)17-31)21-5-3-2-4-6-21/h2-12,15,18,23,31-32H,13-14,16-17H2,1H3/t18-,23+,27-/m0/s1. The molecule has 1 aliphatic heterocycles. The lowest BCUT2D eigenvalue weighted by atomic mass is 9.83. The third-order valence-corrected chi connectivity index (χ3v) is 6.45. The minimum absolute atomic E-state index is 0.0966. The first-order chi connectivity index (χ1) is 16.3. The predicted octanol–water partition coefficient (Wildman–Crippen LogP) is 5.17. The second kappa shape index (κ2) is 9.91. The van der Waals surface area contributed by atoms with Crippen LogP contribution in [0.3, 0.4) is 0 Å². The number of benzene rings is 3. The van der Waals surface area contributed by atoms with E-state index in [-0.39, 0.29) is 12.5 Å². The fourth-order valence-electron chi connectivity index (χ4n) is 4.52. The van der Waals surface area contributed by atoms with Crippen molar-refractivity contribution in [3.8, 4) is 11.1 Å². The number of aliphatic hydroxyl groups is 2. The van der Waals surface area contributed by atoms with Gasteiger partial charge in [-0.05, 0) is 35.7 Å². The highest BCUT2D eigenvalue weighted by atomic mass is 19.1. The van der Waals surface area contributed by atoms with E-state index >= 15 is 0 Å². The normalized spacial score (nSPS) is 20.0. The Labute approximate surface area is 197 Å². The topological polar surface area (TPSA) is 70.0 Å².